The Morgan fingerprint density at radius 2 is 2.00 bits per heavy atom. The Labute approximate surface area is 124 Å². The summed E-state index contributed by atoms with van der Waals surface area (Å²) in [5, 5.41) is 3.29. The second kappa shape index (κ2) is 5.41. The number of carbonyl (C=O) groups is 1. The van der Waals surface area contributed by atoms with Crippen molar-refractivity contribution in [3.05, 3.63) is 28.2 Å². The van der Waals surface area contributed by atoms with Crippen LogP contribution in [0.2, 0.25) is 0 Å². The van der Waals surface area contributed by atoms with Crippen LogP contribution in [0.25, 0.3) is 0 Å². The second-order valence-corrected chi connectivity index (χ2v) is 6.20. The number of rotatable bonds is 3. The van der Waals surface area contributed by atoms with Crippen molar-refractivity contribution in [2.45, 2.75) is 37.8 Å². The highest BCUT2D eigenvalue weighted by Crippen LogP contribution is 2.33. The van der Waals surface area contributed by atoms with Crippen molar-refractivity contribution in [2.24, 2.45) is 0 Å². The number of anilines is 1. The molecule has 1 saturated heterocycles. The molecule has 1 saturated carbocycles. The standard InChI is InChI=1S/C14H15BrF2N2O/c15-10-6-8(16)7-11(17)13(10)19-5-1-2-12(14(19)20)18-9-3-4-9/h6-7,9,12,18H,1-5H2. The molecule has 20 heavy (non-hydrogen) atoms. The average molecular weight is 345 g/mol. The minimum atomic E-state index is -0.711. The predicted octanol–water partition coefficient (Wildman–Crippen LogP) is 2.97. The number of nitrogens with one attached hydrogen (secondary N) is 1. The molecule has 0 spiro atoms. The molecule has 1 aromatic carbocycles. The first kappa shape index (κ1) is 13.9. The lowest BCUT2D eigenvalue weighted by Gasteiger charge is -2.33. The first-order valence-electron chi connectivity index (χ1n) is 6.78. The van der Waals surface area contributed by atoms with Crippen LogP contribution in [0.1, 0.15) is 25.7 Å². The largest absolute Gasteiger partial charge is 0.307 e. The minimum absolute atomic E-state index is 0.130. The van der Waals surface area contributed by atoms with Crippen LogP contribution < -0.4 is 10.2 Å². The summed E-state index contributed by atoms with van der Waals surface area (Å²) in [6.07, 6.45) is 3.77. The number of piperidine rings is 1. The van der Waals surface area contributed by atoms with E-state index in [1.165, 1.54) is 11.0 Å². The third-order valence-corrected chi connectivity index (χ3v) is 4.31. The number of hydrogen-bond acceptors (Lipinski definition) is 2. The molecule has 3 nitrogen and oxygen atoms in total. The maximum atomic E-state index is 14.0. The van der Waals surface area contributed by atoms with Crippen molar-refractivity contribution < 1.29 is 13.6 Å². The van der Waals surface area contributed by atoms with Crippen molar-refractivity contribution in [3.63, 3.8) is 0 Å². The van der Waals surface area contributed by atoms with Crippen LogP contribution >= 0.6 is 15.9 Å². The van der Waals surface area contributed by atoms with E-state index < -0.39 is 11.6 Å². The fraction of sp³-hybridized carbons (Fsp3) is 0.500. The molecule has 108 valence electrons. The number of benzene rings is 1. The maximum absolute atomic E-state index is 14.0. The molecule has 2 fully saturated rings. The van der Waals surface area contributed by atoms with Gasteiger partial charge in [0.2, 0.25) is 5.91 Å². The van der Waals surface area contributed by atoms with E-state index in [1.54, 1.807) is 0 Å². The molecule has 0 radical (unpaired) electrons. The van der Waals surface area contributed by atoms with Crippen LogP contribution in [0.5, 0.6) is 0 Å². The van der Waals surface area contributed by atoms with Crippen LogP contribution in [0.4, 0.5) is 14.5 Å². The van der Waals surface area contributed by atoms with E-state index in [1.807, 2.05) is 0 Å². The first-order chi connectivity index (χ1) is 9.56. The molecule has 6 heteroatoms. The quantitative estimate of drug-likeness (QED) is 0.914. The van der Waals surface area contributed by atoms with Crippen LogP contribution in [0.3, 0.4) is 0 Å². The van der Waals surface area contributed by atoms with Gasteiger partial charge in [0.15, 0.2) is 5.82 Å². The van der Waals surface area contributed by atoms with E-state index in [9.17, 15) is 13.6 Å². The van der Waals surface area contributed by atoms with E-state index in [0.717, 1.165) is 31.7 Å². The van der Waals surface area contributed by atoms with Gasteiger partial charge in [-0.2, -0.15) is 0 Å². The molecule has 2 aliphatic rings. The number of halogens is 3. The normalized spacial score (nSPS) is 23.2. The van der Waals surface area contributed by atoms with Gasteiger partial charge in [-0.1, -0.05) is 0 Å². The van der Waals surface area contributed by atoms with Crippen molar-refractivity contribution in [1.82, 2.24) is 5.32 Å². The fourth-order valence-electron chi connectivity index (χ4n) is 2.58. The summed E-state index contributed by atoms with van der Waals surface area (Å²) < 4.78 is 27.4. The summed E-state index contributed by atoms with van der Waals surface area (Å²) in [6.45, 7) is 0.461. The van der Waals surface area contributed by atoms with Crippen LogP contribution in [0.15, 0.2) is 16.6 Å². The topological polar surface area (TPSA) is 32.3 Å². The molecular weight excluding hydrogens is 330 g/mol. The summed E-state index contributed by atoms with van der Waals surface area (Å²) in [5.41, 5.74) is 0.138. The molecule has 1 aliphatic carbocycles. The summed E-state index contributed by atoms with van der Waals surface area (Å²) in [7, 11) is 0. The monoisotopic (exact) mass is 344 g/mol. The van der Waals surface area contributed by atoms with E-state index in [2.05, 4.69) is 21.2 Å². The van der Waals surface area contributed by atoms with Gasteiger partial charge in [-0.05, 0) is 47.7 Å². The van der Waals surface area contributed by atoms with Gasteiger partial charge in [0.1, 0.15) is 5.82 Å². The molecule has 1 atom stereocenters. The van der Waals surface area contributed by atoms with E-state index >= 15 is 0 Å². The summed E-state index contributed by atoms with van der Waals surface area (Å²) in [4.78, 5) is 13.9. The van der Waals surface area contributed by atoms with E-state index in [0.29, 0.717) is 12.6 Å². The number of carbonyl (C=O) groups excluding carboxylic acids is 1. The highest BCUT2D eigenvalue weighted by atomic mass is 79.9. The lowest BCUT2D eigenvalue weighted by Crippen LogP contribution is -2.51. The summed E-state index contributed by atoms with van der Waals surface area (Å²) in [5.74, 6) is -1.50. The first-order valence-corrected chi connectivity index (χ1v) is 7.57. The Hall–Kier alpha value is -1.01. The lowest BCUT2D eigenvalue weighted by atomic mass is 10.0. The van der Waals surface area contributed by atoms with Gasteiger partial charge in [0, 0.05) is 23.1 Å². The van der Waals surface area contributed by atoms with Gasteiger partial charge < -0.3 is 10.2 Å². The minimum Gasteiger partial charge on any atom is -0.307 e. The van der Waals surface area contributed by atoms with E-state index in [-0.39, 0.29) is 22.1 Å². The molecule has 1 unspecified atom stereocenters. The van der Waals surface area contributed by atoms with Gasteiger partial charge in [0.05, 0.1) is 11.7 Å². The SMILES string of the molecule is O=C1C(NC2CC2)CCCN1c1c(F)cc(F)cc1Br. The summed E-state index contributed by atoms with van der Waals surface area (Å²) in [6, 6.07) is 2.16. The average Bonchev–Trinajstić information content (AvgIpc) is 3.16. The van der Waals surface area contributed by atoms with Crippen LogP contribution in [-0.2, 0) is 4.79 Å². The third kappa shape index (κ3) is 2.72. The Morgan fingerprint density at radius 3 is 2.65 bits per heavy atom. The number of hydrogen-bond donors (Lipinski definition) is 1. The molecular formula is C14H15BrF2N2O. The molecule has 0 aromatic heterocycles. The van der Waals surface area contributed by atoms with Gasteiger partial charge in [0.25, 0.3) is 0 Å². The maximum Gasteiger partial charge on any atom is 0.244 e. The Bertz CT molecular complexity index is 525. The van der Waals surface area contributed by atoms with Crippen molar-refractivity contribution in [1.29, 1.82) is 0 Å². The zero-order valence-electron chi connectivity index (χ0n) is 10.8. The predicted molar refractivity (Wildman–Crippen MR) is 75.6 cm³/mol. The molecule has 1 aromatic rings. The van der Waals surface area contributed by atoms with Crippen molar-refractivity contribution in [3.8, 4) is 0 Å². The van der Waals surface area contributed by atoms with Gasteiger partial charge in [-0.15, -0.1) is 0 Å². The zero-order chi connectivity index (χ0) is 14.3. The second-order valence-electron chi connectivity index (χ2n) is 5.34. The van der Waals surface area contributed by atoms with Crippen molar-refractivity contribution >= 4 is 27.5 Å². The molecule has 0 bridgehead atoms. The highest BCUT2D eigenvalue weighted by molar-refractivity contribution is 9.10. The molecule has 1 aliphatic heterocycles. The Balaban J connectivity index is 1.86. The lowest BCUT2D eigenvalue weighted by molar-refractivity contribution is -0.121. The van der Waals surface area contributed by atoms with Crippen LogP contribution in [-0.4, -0.2) is 24.5 Å². The molecule has 1 heterocycles. The molecule has 1 amide bonds. The summed E-state index contributed by atoms with van der Waals surface area (Å²) >= 11 is 3.15. The fourth-order valence-corrected chi connectivity index (χ4v) is 3.20. The van der Waals surface area contributed by atoms with Gasteiger partial charge >= 0.3 is 0 Å². The molecule has 1 N–H and O–H groups in total. The van der Waals surface area contributed by atoms with Gasteiger partial charge in [-0.25, -0.2) is 8.78 Å². The number of nitrogens with zero attached hydrogens (tertiary/aromatic N) is 1. The van der Waals surface area contributed by atoms with Gasteiger partial charge in [-0.3, -0.25) is 4.79 Å². The number of amides is 1. The van der Waals surface area contributed by atoms with Crippen LogP contribution in [0, 0.1) is 11.6 Å². The Morgan fingerprint density at radius 1 is 1.25 bits per heavy atom. The highest BCUT2D eigenvalue weighted by Gasteiger charge is 2.35. The smallest absolute Gasteiger partial charge is 0.244 e. The third-order valence-electron chi connectivity index (χ3n) is 3.70. The zero-order valence-corrected chi connectivity index (χ0v) is 12.4. The van der Waals surface area contributed by atoms with Crippen molar-refractivity contribution in [2.75, 3.05) is 11.4 Å². The Kier molecular flexibility index (Phi) is 3.77. The molecule has 3 rings (SSSR count). The van der Waals surface area contributed by atoms with E-state index in [4.69, 9.17) is 0 Å².